The number of hydrogen-bond acceptors (Lipinski definition) is 2. The molecule has 0 radical (unpaired) electrons. The second-order valence-electron chi connectivity index (χ2n) is 4.77. The minimum absolute atomic E-state index is 0.355. The number of piperidine rings is 1. The van der Waals surface area contributed by atoms with Gasteiger partial charge in [-0.15, -0.1) is 11.6 Å². The molecule has 1 aromatic rings. The summed E-state index contributed by atoms with van der Waals surface area (Å²) in [6.07, 6.45) is 4.92. The van der Waals surface area contributed by atoms with Gasteiger partial charge in [0.05, 0.1) is 0 Å². The maximum Gasteiger partial charge on any atom is 0.115 e. The van der Waals surface area contributed by atoms with Gasteiger partial charge in [-0.2, -0.15) is 0 Å². The molecule has 0 amide bonds. The first-order chi connectivity index (χ1) is 8.29. The smallest absolute Gasteiger partial charge is 0.115 e. The fraction of sp³-hybridized carbons (Fsp3) is 0.571. The average Bonchev–Trinajstić information content (AvgIpc) is 2.32. The van der Waals surface area contributed by atoms with Crippen molar-refractivity contribution in [3.63, 3.8) is 0 Å². The number of rotatable bonds is 4. The van der Waals surface area contributed by atoms with Crippen LogP contribution in [0.25, 0.3) is 0 Å². The van der Waals surface area contributed by atoms with E-state index in [4.69, 9.17) is 11.6 Å². The van der Waals surface area contributed by atoms with Crippen LogP contribution in [-0.2, 0) is 6.54 Å². The predicted octanol–water partition coefficient (Wildman–Crippen LogP) is 3.38. The number of phenolic OH excluding ortho intramolecular Hbond substituents is 1. The van der Waals surface area contributed by atoms with E-state index in [0.29, 0.717) is 11.8 Å². The lowest BCUT2D eigenvalue weighted by Gasteiger charge is -2.35. The Hall–Kier alpha value is -0.730. The standard InChI is InChI=1S/C14H20ClNO/c15-8-7-13-5-1-2-9-16(13)11-12-4-3-6-14(17)10-12/h3-4,6,10,13,17H,1-2,5,7-9,11H2. The van der Waals surface area contributed by atoms with E-state index in [2.05, 4.69) is 11.0 Å². The largest absolute Gasteiger partial charge is 0.508 e. The van der Waals surface area contributed by atoms with Gasteiger partial charge in [0.2, 0.25) is 0 Å². The molecule has 0 saturated carbocycles. The summed E-state index contributed by atoms with van der Waals surface area (Å²) in [5.41, 5.74) is 1.19. The number of alkyl halides is 1. The highest BCUT2D eigenvalue weighted by Gasteiger charge is 2.21. The predicted molar refractivity (Wildman–Crippen MR) is 71.5 cm³/mol. The second-order valence-corrected chi connectivity index (χ2v) is 5.15. The molecule has 1 saturated heterocycles. The zero-order valence-corrected chi connectivity index (χ0v) is 10.9. The Balaban J connectivity index is 2.00. The third-order valence-corrected chi connectivity index (χ3v) is 3.71. The van der Waals surface area contributed by atoms with Crippen LogP contribution in [-0.4, -0.2) is 28.5 Å². The molecule has 94 valence electrons. The summed E-state index contributed by atoms with van der Waals surface area (Å²) in [6.45, 7) is 2.08. The highest BCUT2D eigenvalue weighted by molar-refractivity contribution is 6.17. The van der Waals surface area contributed by atoms with Gasteiger partial charge >= 0.3 is 0 Å². The van der Waals surface area contributed by atoms with Crippen molar-refractivity contribution in [3.05, 3.63) is 29.8 Å². The normalized spacial score (nSPS) is 21.6. The van der Waals surface area contributed by atoms with Crippen LogP contribution < -0.4 is 0 Å². The molecule has 0 aromatic heterocycles. The van der Waals surface area contributed by atoms with Gasteiger partial charge in [0.15, 0.2) is 0 Å². The van der Waals surface area contributed by atoms with Gasteiger partial charge < -0.3 is 5.11 Å². The van der Waals surface area contributed by atoms with Gasteiger partial charge in [-0.3, -0.25) is 4.90 Å². The van der Waals surface area contributed by atoms with E-state index in [0.717, 1.165) is 25.4 Å². The van der Waals surface area contributed by atoms with Crippen LogP contribution in [0.4, 0.5) is 0 Å². The number of phenols is 1. The van der Waals surface area contributed by atoms with Crippen LogP contribution in [0.15, 0.2) is 24.3 Å². The van der Waals surface area contributed by atoms with E-state index < -0.39 is 0 Å². The van der Waals surface area contributed by atoms with Crippen LogP contribution in [0.5, 0.6) is 5.75 Å². The highest BCUT2D eigenvalue weighted by Crippen LogP contribution is 2.23. The summed E-state index contributed by atoms with van der Waals surface area (Å²) in [5.74, 6) is 1.09. The summed E-state index contributed by atoms with van der Waals surface area (Å²) in [5, 5.41) is 9.47. The molecule has 1 aliphatic heterocycles. The average molecular weight is 254 g/mol. The van der Waals surface area contributed by atoms with E-state index in [9.17, 15) is 5.11 Å². The van der Waals surface area contributed by atoms with Crippen LogP contribution in [0.1, 0.15) is 31.2 Å². The second kappa shape index (κ2) is 6.27. The molecule has 1 N–H and O–H groups in total. The number of halogens is 1. The van der Waals surface area contributed by atoms with Crippen molar-refractivity contribution in [1.82, 2.24) is 4.90 Å². The number of hydrogen-bond donors (Lipinski definition) is 1. The SMILES string of the molecule is Oc1cccc(CN2CCCCC2CCCl)c1. The van der Waals surface area contributed by atoms with Gasteiger partial charge in [0.25, 0.3) is 0 Å². The Labute approximate surface area is 108 Å². The van der Waals surface area contributed by atoms with E-state index in [-0.39, 0.29) is 0 Å². The molecule has 1 aromatic carbocycles. The molecule has 0 aliphatic carbocycles. The van der Waals surface area contributed by atoms with Crippen LogP contribution >= 0.6 is 11.6 Å². The van der Waals surface area contributed by atoms with Gasteiger partial charge in [-0.25, -0.2) is 0 Å². The van der Waals surface area contributed by atoms with E-state index in [1.54, 1.807) is 6.07 Å². The zero-order chi connectivity index (χ0) is 12.1. The van der Waals surface area contributed by atoms with Crippen molar-refractivity contribution >= 4 is 11.6 Å². The summed E-state index contributed by atoms with van der Waals surface area (Å²) in [7, 11) is 0. The first-order valence-corrected chi connectivity index (χ1v) is 6.91. The molecule has 0 bridgehead atoms. The fourth-order valence-corrected chi connectivity index (χ4v) is 2.86. The maximum atomic E-state index is 9.47. The monoisotopic (exact) mass is 253 g/mol. The van der Waals surface area contributed by atoms with Gasteiger partial charge in [-0.1, -0.05) is 18.6 Å². The summed E-state index contributed by atoms with van der Waals surface area (Å²) >= 11 is 5.86. The molecule has 0 spiro atoms. The van der Waals surface area contributed by atoms with Crippen molar-refractivity contribution < 1.29 is 5.11 Å². The van der Waals surface area contributed by atoms with Crippen molar-refractivity contribution in [2.45, 2.75) is 38.3 Å². The number of benzene rings is 1. The van der Waals surface area contributed by atoms with Crippen molar-refractivity contribution in [1.29, 1.82) is 0 Å². The van der Waals surface area contributed by atoms with Crippen molar-refractivity contribution in [2.24, 2.45) is 0 Å². The van der Waals surface area contributed by atoms with Gasteiger partial charge in [0, 0.05) is 18.5 Å². The Morgan fingerprint density at radius 1 is 1.35 bits per heavy atom. The molecule has 1 atom stereocenters. The summed E-state index contributed by atoms with van der Waals surface area (Å²) in [4.78, 5) is 2.50. The quantitative estimate of drug-likeness (QED) is 0.832. The maximum absolute atomic E-state index is 9.47. The van der Waals surface area contributed by atoms with Crippen LogP contribution in [0.2, 0.25) is 0 Å². The lowest BCUT2D eigenvalue weighted by Crippen LogP contribution is -2.39. The molecular formula is C14H20ClNO. The molecular weight excluding hydrogens is 234 g/mol. The Morgan fingerprint density at radius 2 is 2.24 bits per heavy atom. The molecule has 1 heterocycles. The molecule has 3 heteroatoms. The van der Waals surface area contributed by atoms with Gasteiger partial charge in [0.1, 0.15) is 5.75 Å². The molecule has 1 fully saturated rings. The van der Waals surface area contributed by atoms with E-state index in [1.165, 1.54) is 24.8 Å². The lowest BCUT2D eigenvalue weighted by molar-refractivity contribution is 0.136. The summed E-state index contributed by atoms with van der Waals surface area (Å²) in [6, 6.07) is 8.17. The fourth-order valence-electron chi connectivity index (χ4n) is 2.61. The van der Waals surface area contributed by atoms with Crippen molar-refractivity contribution in [2.75, 3.05) is 12.4 Å². The lowest BCUT2D eigenvalue weighted by atomic mass is 9.99. The number of aromatic hydroxyl groups is 1. The third-order valence-electron chi connectivity index (χ3n) is 3.49. The van der Waals surface area contributed by atoms with E-state index in [1.807, 2.05) is 12.1 Å². The first kappa shape index (κ1) is 12.7. The van der Waals surface area contributed by atoms with Crippen molar-refractivity contribution in [3.8, 4) is 5.75 Å². The highest BCUT2D eigenvalue weighted by atomic mass is 35.5. The zero-order valence-electron chi connectivity index (χ0n) is 10.1. The molecule has 2 nitrogen and oxygen atoms in total. The minimum Gasteiger partial charge on any atom is -0.508 e. The Morgan fingerprint density at radius 3 is 3.00 bits per heavy atom. The summed E-state index contributed by atoms with van der Waals surface area (Å²) < 4.78 is 0. The Kier molecular flexibility index (Phi) is 4.69. The Bertz CT molecular complexity index is 354. The van der Waals surface area contributed by atoms with Crippen LogP contribution in [0, 0.1) is 0 Å². The molecule has 2 rings (SSSR count). The first-order valence-electron chi connectivity index (χ1n) is 6.37. The minimum atomic E-state index is 0.355. The molecule has 1 unspecified atom stereocenters. The third kappa shape index (κ3) is 3.62. The number of nitrogens with zero attached hydrogens (tertiary/aromatic N) is 1. The molecule has 1 aliphatic rings. The molecule has 17 heavy (non-hydrogen) atoms. The van der Waals surface area contributed by atoms with Gasteiger partial charge in [-0.05, 0) is 43.5 Å². The number of likely N-dealkylation sites (tertiary alicyclic amines) is 1. The van der Waals surface area contributed by atoms with Crippen LogP contribution in [0.3, 0.4) is 0 Å². The van der Waals surface area contributed by atoms with E-state index >= 15 is 0 Å². The topological polar surface area (TPSA) is 23.5 Å².